The monoisotopic (exact) mass is 291 g/mol. The fraction of sp³-hybridized carbons (Fsp3) is 0.0909. The summed E-state index contributed by atoms with van der Waals surface area (Å²) in [5.41, 5.74) is 5.18. The lowest BCUT2D eigenvalue weighted by Crippen LogP contribution is -2.09. The van der Waals surface area contributed by atoms with Gasteiger partial charge >= 0.3 is 0 Å². The van der Waals surface area contributed by atoms with Gasteiger partial charge in [-0.05, 0) is 12.1 Å². The molecule has 3 heterocycles. The smallest absolute Gasteiger partial charge is 0.283 e. The van der Waals surface area contributed by atoms with Gasteiger partial charge in [0.05, 0.1) is 12.0 Å². The van der Waals surface area contributed by atoms with Gasteiger partial charge in [0.2, 0.25) is 5.89 Å². The number of aromatic amines is 1. The van der Waals surface area contributed by atoms with E-state index < -0.39 is 0 Å². The van der Waals surface area contributed by atoms with E-state index in [-0.39, 0.29) is 11.4 Å². The molecule has 0 fully saturated rings. The van der Waals surface area contributed by atoms with Crippen LogP contribution in [0, 0.1) is 0 Å². The van der Waals surface area contributed by atoms with E-state index in [0.29, 0.717) is 28.5 Å². The summed E-state index contributed by atoms with van der Waals surface area (Å²) in [6, 6.07) is 4.67. The van der Waals surface area contributed by atoms with E-state index in [1.165, 1.54) is 24.1 Å². The predicted molar refractivity (Wildman–Crippen MR) is 70.8 cm³/mol. The summed E-state index contributed by atoms with van der Waals surface area (Å²) < 4.78 is 10.6. The zero-order valence-electron chi connectivity index (χ0n) is 10.1. The molecule has 0 amide bonds. The van der Waals surface area contributed by atoms with E-state index in [0.717, 1.165) is 0 Å². The van der Waals surface area contributed by atoms with Crippen molar-refractivity contribution in [1.29, 1.82) is 0 Å². The zero-order chi connectivity index (χ0) is 13.9. The molecule has 3 aromatic heterocycles. The summed E-state index contributed by atoms with van der Waals surface area (Å²) in [7, 11) is 0. The van der Waals surface area contributed by atoms with Crippen LogP contribution < -0.4 is 11.3 Å². The summed E-state index contributed by atoms with van der Waals surface area (Å²) in [6.45, 7) is 0. The molecule has 0 saturated heterocycles. The van der Waals surface area contributed by atoms with Crippen molar-refractivity contribution in [3.63, 3.8) is 0 Å². The SMILES string of the molecule is Nc1cc(=O)[nH]c(SCc2nnc(-c3ccco3)o2)n1. The number of hydrogen-bond acceptors (Lipinski definition) is 8. The number of nitrogens with zero attached hydrogens (tertiary/aromatic N) is 3. The fourth-order valence-corrected chi connectivity index (χ4v) is 2.18. The molecule has 3 rings (SSSR count). The molecule has 9 heteroatoms. The number of H-pyrrole nitrogens is 1. The summed E-state index contributed by atoms with van der Waals surface area (Å²) in [5, 5.41) is 8.14. The number of hydrogen-bond donors (Lipinski definition) is 2. The maximum absolute atomic E-state index is 11.2. The number of rotatable bonds is 4. The van der Waals surface area contributed by atoms with Crippen LogP contribution in [0.2, 0.25) is 0 Å². The zero-order valence-corrected chi connectivity index (χ0v) is 10.9. The first kappa shape index (κ1) is 12.5. The van der Waals surface area contributed by atoms with Crippen molar-refractivity contribution in [1.82, 2.24) is 20.2 Å². The molecule has 0 spiro atoms. The number of furan rings is 1. The van der Waals surface area contributed by atoms with Crippen molar-refractivity contribution in [2.45, 2.75) is 10.9 Å². The molecule has 102 valence electrons. The third kappa shape index (κ3) is 2.72. The van der Waals surface area contributed by atoms with E-state index in [2.05, 4.69) is 20.2 Å². The number of thioether (sulfide) groups is 1. The Bertz CT molecular complexity index is 764. The van der Waals surface area contributed by atoms with Gasteiger partial charge in [-0.25, -0.2) is 4.98 Å². The van der Waals surface area contributed by atoms with Crippen molar-refractivity contribution < 1.29 is 8.83 Å². The van der Waals surface area contributed by atoms with Gasteiger partial charge in [-0.1, -0.05) is 11.8 Å². The van der Waals surface area contributed by atoms with Gasteiger partial charge in [0.25, 0.3) is 11.4 Å². The van der Waals surface area contributed by atoms with E-state index in [9.17, 15) is 4.79 Å². The third-order valence-corrected chi connectivity index (χ3v) is 3.13. The average molecular weight is 291 g/mol. The van der Waals surface area contributed by atoms with E-state index in [4.69, 9.17) is 14.6 Å². The Morgan fingerprint density at radius 2 is 2.30 bits per heavy atom. The van der Waals surface area contributed by atoms with Crippen LogP contribution in [-0.4, -0.2) is 20.2 Å². The van der Waals surface area contributed by atoms with Gasteiger partial charge in [-0.3, -0.25) is 4.79 Å². The Hall–Kier alpha value is -2.55. The maximum Gasteiger partial charge on any atom is 0.283 e. The van der Waals surface area contributed by atoms with Crippen molar-refractivity contribution in [2.24, 2.45) is 0 Å². The lowest BCUT2D eigenvalue weighted by molar-refractivity contribution is 0.494. The molecule has 3 aromatic rings. The molecule has 0 radical (unpaired) electrons. The molecule has 0 saturated carbocycles. The van der Waals surface area contributed by atoms with Gasteiger partial charge < -0.3 is 19.6 Å². The van der Waals surface area contributed by atoms with Crippen LogP contribution in [0.1, 0.15) is 5.89 Å². The van der Waals surface area contributed by atoms with Crippen LogP contribution in [-0.2, 0) is 5.75 Å². The van der Waals surface area contributed by atoms with E-state index in [1.54, 1.807) is 12.1 Å². The summed E-state index contributed by atoms with van der Waals surface area (Å²) in [6.07, 6.45) is 1.52. The van der Waals surface area contributed by atoms with Gasteiger partial charge in [0, 0.05) is 6.07 Å². The van der Waals surface area contributed by atoms with Crippen molar-refractivity contribution in [2.75, 3.05) is 5.73 Å². The molecule has 0 unspecified atom stereocenters. The molecule has 0 atom stereocenters. The summed E-state index contributed by atoms with van der Waals surface area (Å²) in [4.78, 5) is 17.8. The first-order chi connectivity index (χ1) is 9.70. The second kappa shape index (κ2) is 5.21. The predicted octanol–water partition coefficient (Wildman–Crippen LogP) is 1.29. The minimum Gasteiger partial charge on any atom is -0.459 e. The second-order valence-electron chi connectivity index (χ2n) is 3.74. The van der Waals surface area contributed by atoms with Gasteiger partial charge in [-0.2, -0.15) is 0 Å². The number of nitrogens with two attached hydrogens (primary N) is 1. The van der Waals surface area contributed by atoms with Crippen LogP contribution in [0.15, 0.2) is 43.2 Å². The first-order valence-electron chi connectivity index (χ1n) is 5.56. The molecular weight excluding hydrogens is 282 g/mol. The Morgan fingerprint density at radius 1 is 1.40 bits per heavy atom. The standard InChI is InChI=1S/C11H9N5O3S/c12-7-4-8(17)14-11(13-7)20-5-9-15-16-10(19-9)6-2-1-3-18-6/h1-4H,5H2,(H3,12,13,14,17). The van der Waals surface area contributed by atoms with Gasteiger partial charge in [0.1, 0.15) is 5.82 Å². The van der Waals surface area contributed by atoms with Crippen molar-refractivity contribution in [3.05, 3.63) is 40.7 Å². The van der Waals surface area contributed by atoms with E-state index >= 15 is 0 Å². The van der Waals surface area contributed by atoms with E-state index in [1.807, 2.05) is 0 Å². The number of anilines is 1. The van der Waals surface area contributed by atoms with Crippen molar-refractivity contribution in [3.8, 4) is 11.7 Å². The highest BCUT2D eigenvalue weighted by atomic mass is 32.2. The molecule has 0 bridgehead atoms. The molecule has 8 nitrogen and oxygen atoms in total. The van der Waals surface area contributed by atoms with Crippen LogP contribution in [0.4, 0.5) is 5.82 Å². The Labute approximate surface area is 116 Å². The molecule has 0 aliphatic rings. The molecular formula is C11H9N5O3S. The van der Waals surface area contributed by atoms with Crippen molar-refractivity contribution >= 4 is 17.6 Å². The normalized spacial score (nSPS) is 10.8. The molecule has 0 aromatic carbocycles. The molecule has 20 heavy (non-hydrogen) atoms. The highest BCUT2D eigenvalue weighted by molar-refractivity contribution is 7.98. The highest BCUT2D eigenvalue weighted by Gasteiger charge is 2.11. The van der Waals surface area contributed by atoms with Crippen LogP contribution in [0.5, 0.6) is 0 Å². The summed E-state index contributed by atoms with van der Waals surface area (Å²) in [5.74, 6) is 1.73. The quantitative estimate of drug-likeness (QED) is 0.544. The highest BCUT2D eigenvalue weighted by Crippen LogP contribution is 2.22. The third-order valence-electron chi connectivity index (χ3n) is 2.27. The summed E-state index contributed by atoms with van der Waals surface area (Å²) >= 11 is 1.24. The average Bonchev–Trinajstić information content (AvgIpc) is 3.06. The van der Waals surface area contributed by atoms with Gasteiger partial charge in [-0.15, -0.1) is 10.2 Å². The lowest BCUT2D eigenvalue weighted by atomic mass is 10.5. The Balaban J connectivity index is 1.71. The first-order valence-corrected chi connectivity index (χ1v) is 6.55. The molecule has 0 aliphatic heterocycles. The maximum atomic E-state index is 11.2. The Morgan fingerprint density at radius 3 is 3.05 bits per heavy atom. The number of nitrogen functional groups attached to an aromatic ring is 1. The van der Waals surface area contributed by atoms with Crippen LogP contribution in [0.25, 0.3) is 11.7 Å². The second-order valence-corrected chi connectivity index (χ2v) is 4.71. The number of nitrogens with one attached hydrogen (secondary N) is 1. The van der Waals surface area contributed by atoms with Gasteiger partial charge in [0.15, 0.2) is 10.9 Å². The minimum atomic E-state index is -0.304. The topological polar surface area (TPSA) is 124 Å². The minimum absolute atomic E-state index is 0.165. The lowest BCUT2D eigenvalue weighted by Gasteiger charge is -1.98. The molecule has 0 aliphatic carbocycles. The largest absolute Gasteiger partial charge is 0.459 e. The number of aromatic nitrogens is 4. The Kier molecular flexibility index (Phi) is 3.25. The van der Waals surface area contributed by atoms with Crippen LogP contribution >= 0.6 is 11.8 Å². The fourth-order valence-electron chi connectivity index (χ4n) is 1.46. The molecule has 3 N–H and O–H groups in total. The van der Waals surface area contributed by atoms with Crippen LogP contribution in [0.3, 0.4) is 0 Å².